The number of nitrogens with one attached hydrogen (secondary N) is 2. The number of aromatic nitrogens is 2. The molecule has 0 saturated heterocycles. The molecule has 0 spiro atoms. The van der Waals surface area contributed by atoms with Gasteiger partial charge in [0.1, 0.15) is 11.7 Å². The molecule has 30 heavy (non-hydrogen) atoms. The van der Waals surface area contributed by atoms with Crippen LogP contribution in [0, 0.1) is 6.92 Å². The van der Waals surface area contributed by atoms with Crippen molar-refractivity contribution in [3.05, 3.63) is 69.6 Å². The van der Waals surface area contributed by atoms with E-state index in [1.54, 1.807) is 23.9 Å². The van der Waals surface area contributed by atoms with Crippen LogP contribution in [0.25, 0.3) is 5.65 Å². The van der Waals surface area contributed by atoms with Gasteiger partial charge in [-0.15, -0.1) is 0 Å². The molecule has 0 aliphatic carbocycles. The smallest absolute Gasteiger partial charge is 0.253 e. The van der Waals surface area contributed by atoms with Crippen molar-refractivity contribution < 1.29 is 9.59 Å². The molecule has 2 aromatic heterocycles. The first kappa shape index (κ1) is 22.5. The van der Waals surface area contributed by atoms with Gasteiger partial charge < -0.3 is 15.0 Å². The third-order valence-electron chi connectivity index (χ3n) is 4.52. The molecule has 1 aromatic carbocycles. The Morgan fingerprint density at radius 2 is 2.03 bits per heavy atom. The Labute approximate surface area is 189 Å². The fraction of sp³-hybridized carbons (Fsp3) is 0.286. The van der Waals surface area contributed by atoms with E-state index in [1.807, 2.05) is 42.1 Å². The van der Waals surface area contributed by atoms with Crippen molar-refractivity contribution in [3.8, 4) is 0 Å². The monoisotopic (exact) mass is 464 g/mol. The van der Waals surface area contributed by atoms with E-state index in [9.17, 15) is 9.59 Å². The molecule has 3 aromatic rings. The number of thioether (sulfide) groups is 1. The third-order valence-corrected chi connectivity index (χ3v) is 5.71. The fourth-order valence-electron chi connectivity index (χ4n) is 2.94. The summed E-state index contributed by atoms with van der Waals surface area (Å²) in [7, 11) is 0. The molecule has 6 nitrogen and oxygen atoms in total. The molecular formula is C21H22Cl2N4O2S. The Morgan fingerprint density at radius 3 is 2.77 bits per heavy atom. The number of halogens is 2. The van der Waals surface area contributed by atoms with E-state index in [-0.39, 0.29) is 23.0 Å². The molecule has 0 aliphatic rings. The van der Waals surface area contributed by atoms with Crippen molar-refractivity contribution in [1.82, 2.24) is 20.0 Å². The SMILES string of the molecule is CSCCC(NC(=O)c1ccc(Cl)cc1Cl)C(=O)NCc1cn2ccc(C)cc2n1. The molecule has 0 aliphatic heterocycles. The normalized spacial score (nSPS) is 12.0. The van der Waals surface area contributed by atoms with Crippen molar-refractivity contribution in [3.63, 3.8) is 0 Å². The standard InChI is InChI=1S/C21H22Cl2N4O2S/c1-13-5-7-27-12-15(25-19(27)9-13)11-24-21(29)18(6-8-30-2)26-20(28)16-4-3-14(22)10-17(16)23/h3-5,7,9-10,12,18H,6,8,11H2,1-2H3,(H,24,29)(H,26,28). The summed E-state index contributed by atoms with van der Waals surface area (Å²) in [5, 5.41) is 6.33. The highest BCUT2D eigenvalue weighted by atomic mass is 35.5. The largest absolute Gasteiger partial charge is 0.349 e. The Bertz CT molecular complexity index is 1070. The molecule has 2 amide bonds. The number of hydrogen-bond donors (Lipinski definition) is 2. The molecule has 0 fully saturated rings. The lowest BCUT2D eigenvalue weighted by Crippen LogP contribution is -2.47. The molecular weight excluding hydrogens is 443 g/mol. The molecule has 2 N–H and O–H groups in total. The number of fused-ring (bicyclic) bond motifs is 1. The molecule has 0 saturated carbocycles. The first-order valence-corrected chi connectivity index (χ1v) is 11.5. The minimum absolute atomic E-state index is 0.240. The summed E-state index contributed by atoms with van der Waals surface area (Å²) in [5.74, 6) is 0.0391. The van der Waals surface area contributed by atoms with Gasteiger partial charge in [0, 0.05) is 17.4 Å². The lowest BCUT2D eigenvalue weighted by molar-refractivity contribution is -0.123. The van der Waals surface area contributed by atoms with E-state index in [1.165, 1.54) is 6.07 Å². The number of amides is 2. The summed E-state index contributed by atoms with van der Waals surface area (Å²) in [6.07, 6.45) is 6.25. The zero-order chi connectivity index (χ0) is 21.7. The van der Waals surface area contributed by atoms with Gasteiger partial charge in [-0.3, -0.25) is 9.59 Å². The number of benzene rings is 1. The number of carbonyl (C=O) groups is 2. The van der Waals surface area contributed by atoms with E-state index in [4.69, 9.17) is 23.2 Å². The Morgan fingerprint density at radius 1 is 1.23 bits per heavy atom. The average molecular weight is 465 g/mol. The van der Waals surface area contributed by atoms with Crippen LogP contribution in [0.2, 0.25) is 10.0 Å². The molecule has 2 heterocycles. The van der Waals surface area contributed by atoms with E-state index in [0.717, 1.165) is 22.7 Å². The van der Waals surface area contributed by atoms with Gasteiger partial charge in [0.25, 0.3) is 5.91 Å². The highest BCUT2D eigenvalue weighted by molar-refractivity contribution is 7.98. The van der Waals surface area contributed by atoms with E-state index in [0.29, 0.717) is 11.4 Å². The topological polar surface area (TPSA) is 75.5 Å². The summed E-state index contributed by atoms with van der Waals surface area (Å²) < 4.78 is 1.91. The van der Waals surface area contributed by atoms with Gasteiger partial charge >= 0.3 is 0 Å². The molecule has 158 valence electrons. The summed E-state index contributed by atoms with van der Waals surface area (Å²) in [5.41, 5.74) is 2.96. The number of hydrogen-bond acceptors (Lipinski definition) is 4. The highest BCUT2D eigenvalue weighted by Crippen LogP contribution is 2.21. The zero-order valence-electron chi connectivity index (χ0n) is 16.6. The quantitative estimate of drug-likeness (QED) is 0.525. The summed E-state index contributed by atoms with van der Waals surface area (Å²) in [6, 6.07) is 7.92. The molecule has 0 radical (unpaired) electrons. The first-order valence-electron chi connectivity index (χ1n) is 9.34. The van der Waals surface area contributed by atoms with Gasteiger partial charge in [-0.2, -0.15) is 11.8 Å². The van der Waals surface area contributed by atoms with Gasteiger partial charge in [0.05, 0.1) is 22.8 Å². The van der Waals surface area contributed by atoms with E-state index >= 15 is 0 Å². The molecule has 9 heteroatoms. The Hall–Kier alpha value is -2.22. The predicted molar refractivity (Wildman–Crippen MR) is 122 cm³/mol. The number of rotatable bonds is 8. The second kappa shape index (κ2) is 10.2. The third kappa shape index (κ3) is 5.68. The van der Waals surface area contributed by atoms with E-state index in [2.05, 4.69) is 15.6 Å². The molecule has 3 rings (SSSR count). The van der Waals surface area contributed by atoms with Crippen molar-refractivity contribution in [2.24, 2.45) is 0 Å². The van der Waals surface area contributed by atoms with Crippen LogP contribution >= 0.6 is 35.0 Å². The molecule has 1 unspecified atom stereocenters. The Kier molecular flexibility index (Phi) is 7.64. The first-order chi connectivity index (χ1) is 14.4. The van der Waals surface area contributed by atoms with E-state index < -0.39 is 11.9 Å². The van der Waals surface area contributed by atoms with Gasteiger partial charge in [-0.25, -0.2) is 4.98 Å². The predicted octanol–water partition coefficient (Wildman–Crippen LogP) is 4.12. The van der Waals surface area contributed by atoms with Crippen LogP contribution in [0.5, 0.6) is 0 Å². The van der Waals surface area contributed by atoms with Crippen LogP contribution < -0.4 is 10.6 Å². The van der Waals surface area contributed by atoms with Crippen LogP contribution in [-0.2, 0) is 11.3 Å². The van der Waals surface area contributed by atoms with Crippen LogP contribution in [0.4, 0.5) is 0 Å². The highest BCUT2D eigenvalue weighted by Gasteiger charge is 2.22. The lowest BCUT2D eigenvalue weighted by Gasteiger charge is -2.18. The van der Waals surface area contributed by atoms with Crippen molar-refractivity contribution in [1.29, 1.82) is 0 Å². The van der Waals surface area contributed by atoms with Crippen molar-refractivity contribution in [2.45, 2.75) is 25.9 Å². The van der Waals surface area contributed by atoms with Gasteiger partial charge in [-0.05, 0) is 61.2 Å². The Balaban J connectivity index is 1.67. The van der Waals surface area contributed by atoms with Gasteiger partial charge in [-0.1, -0.05) is 23.2 Å². The van der Waals surface area contributed by atoms with Crippen molar-refractivity contribution >= 4 is 52.4 Å². The van der Waals surface area contributed by atoms with Gasteiger partial charge in [0.2, 0.25) is 5.91 Å². The number of carbonyl (C=O) groups excluding carboxylic acids is 2. The summed E-state index contributed by atoms with van der Waals surface area (Å²) in [6.45, 7) is 2.27. The number of pyridine rings is 1. The fourth-order valence-corrected chi connectivity index (χ4v) is 3.90. The average Bonchev–Trinajstić information content (AvgIpc) is 3.11. The lowest BCUT2D eigenvalue weighted by atomic mass is 10.1. The molecule has 1 atom stereocenters. The van der Waals surface area contributed by atoms with Gasteiger partial charge in [0.15, 0.2) is 0 Å². The maximum atomic E-state index is 12.8. The van der Waals surface area contributed by atoms with Crippen LogP contribution in [-0.4, -0.2) is 39.2 Å². The summed E-state index contributed by atoms with van der Waals surface area (Å²) in [4.78, 5) is 29.9. The minimum Gasteiger partial charge on any atom is -0.349 e. The number of nitrogens with zero attached hydrogens (tertiary/aromatic N) is 2. The number of aryl methyl sites for hydroxylation is 1. The second-order valence-electron chi connectivity index (χ2n) is 6.85. The minimum atomic E-state index is -0.684. The summed E-state index contributed by atoms with van der Waals surface area (Å²) >= 11 is 13.6. The second-order valence-corrected chi connectivity index (χ2v) is 8.68. The van der Waals surface area contributed by atoms with Crippen LogP contribution in [0.3, 0.4) is 0 Å². The zero-order valence-corrected chi connectivity index (χ0v) is 18.9. The molecule has 0 bridgehead atoms. The maximum Gasteiger partial charge on any atom is 0.253 e. The van der Waals surface area contributed by atoms with Crippen molar-refractivity contribution in [2.75, 3.05) is 12.0 Å². The van der Waals surface area contributed by atoms with Crippen LogP contribution in [0.1, 0.15) is 28.0 Å². The number of imidazole rings is 1. The maximum absolute atomic E-state index is 12.8. The van der Waals surface area contributed by atoms with Crippen LogP contribution in [0.15, 0.2) is 42.7 Å².